The molecule has 52 heavy (non-hydrogen) atoms. The van der Waals surface area contributed by atoms with Crippen molar-refractivity contribution in [1.29, 1.82) is 5.26 Å². The maximum absolute atomic E-state index is 9.94. The number of nitrogens with zero attached hydrogens (tertiary/aromatic N) is 4. The lowest BCUT2D eigenvalue weighted by atomic mass is 9.67. The van der Waals surface area contributed by atoms with Crippen molar-refractivity contribution in [1.82, 2.24) is 15.0 Å². The van der Waals surface area contributed by atoms with Crippen LogP contribution in [0.3, 0.4) is 0 Å². The van der Waals surface area contributed by atoms with Gasteiger partial charge in [0.1, 0.15) is 0 Å². The van der Waals surface area contributed by atoms with Crippen LogP contribution in [-0.4, -0.2) is 15.0 Å². The van der Waals surface area contributed by atoms with Gasteiger partial charge in [-0.05, 0) is 68.8 Å². The van der Waals surface area contributed by atoms with E-state index >= 15 is 0 Å². The van der Waals surface area contributed by atoms with Gasteiger partial charge in [-0.3, -0.25) is 0 Å². The first-order chi connectivity index (χ1) is 25.7. The molecule has 0 saturated heterocycles. The van der Waals surface area contributed by atoms with E-state index in [-0.39, 0.29) is 0 Å². The van der Waals surface area contributed by atoms with E-state index in [0.29, 0.717) is 23.0 Å². The van der Waals surface area contributed by atoms with Crippen molar-refractivity contribution >= 4 is 11.8 Å². The number of rotatable bonds is 4. The van der Waals surface area contributed by atoms with Crippen molar-refractivity contribution in [3.05, 3.63) is 198 Å². The molecule has 4 nitrogen and oxygen atoms in total. The number of nitriles is 1. The molecular formula is C47H28N4S. The van der Waals surface area contributed by atoms with E-state index in [1.54, 1.807) is 0 Å². The Morgan fingerprint density at radius 3 is 1.48 bits per heavy atom. The van der Waals surface area contributed by atoms with Crippen LogP contribution in [0.5, 0.6) is 0 Å². The minimum Gasteiger partial charge on any atom is -0.208 e. The van der Waals surface area contributed by atoms with E-state index in [1.807, 2.05) is 90.6 Å². The summed E-state index contributed by atoms with van der Waals surface area (Å²) >= 11 is 1.83. The van der Waals surface area contributed by atoms with E-state index < -0.39 is 5.41 Å². The van der Waals surface area contributed by atoms with Crippen LogP contribution in [0.15, 0.2) is 180 Å². The smallest absolute Gasteiger partial charge is 0.164 e. The zero-order chi connectivity index (χ0) is 34.6. The molecule has 10 rings (SSSR count). The second kappa shape index (κ2) is 12.0. The molecule has 1 aliphatic heterocycles. The quantitative estimate of drug-likeness (QED) is 0.185. The van der Waals surface area contributed by atoms with Gasteiger partial charge in [0.05, 0.1) is 17.0 Å². The van der Waals surface area contributed by atoms with Gasteiger partial charge in [-0.1, -0.05) is 157 Å². The third kappa shape index (κ3) is 4.52. The van der Waals surface area contributed by atoms with Gasteiger partial charge in [-0.25, -0.2) is 15.0 Å². The summed E-state index contributed by atoms with van der Waals surface area (Å²) in [4.78, 5) is 17.9. The molecule has 0 bridgehead atoms. The molecule has 5 heteroatoms. The van der Waals surface area contributed by atoms with E-state index in [4.69, 9.17) is 15.0 Å². The molecule has 0 saturated carbocycles. The summed E-state index contributed by atoms with van der Waals surface area (Å²) in [6.45, 7) is 0. The summed E-state index contributed by atoms with van der Waals surface area (Å²) in [5.41, 5.74) is 12.0. The highest BCUT2D eigenvalue weighted by atomic mass is 32.2. The predicted octanol–water partition coefficient (Wildman–Crippen LogP) is 11.2. The number of benzene rings is 7. The van der Waals surface area contributed by atoms with Gasteiger partial charge in [0.15, 0.2) is 17.5 Å². The first-order valence-corrected chi connectivity index (χ1v) is 18.1. The molecule has 2 aliphatic rings. The zero-order valence-electron chi connectivity index (χ0n) is 27.9. The first kappa shape index (κ1) is 30.2. The number of aromatic nitrogens is 3. The Hall–Kier alpha value is -6.61. The zero-order valence-corrected chi connectivity index (χ0v) is 28.7. The summed E-state index contributed by atoms with van der Waals surface area (Å²) in [6.07, 6.45) is 0. The molecular weight excluding hydrogens is 653 g/mol. The summed E-state index contributed by atoms with van der Waals surface area (Å²) in [6, 6.07) is 61.4. The SMILES string of the molecule is N#Cc1cccc(-c2cccc3c2-c2c(-c4nc(-c5ccccc5)nc(-c5ccccc5)n4)cccc2C32c3ccccc3Sc3ccccc32)c1. The van der Waals surface area contributed by atoms with Crippen molar-refractivity contribution in [2.24, 2.45) is 0 Å². The second-order valence-corrected chi connectivity index (χ2v) is 14.1. The van der Waals surface area contributed by atoms with Crippen LogP contribution < -0.4 is 0 Å². The van der Waals surface area contributed by atoms with E-state index in [2.05, 4.69) is 97.1 Å². The molecule has 1 aromatic heterocycles. The molecule has 0 radical (unpaired) electrons. The molecule has 7 aromatic carbocycles. The van der Waals surface area contributed by atoms with Gasteiger partial charge in [-0.2, -0.15) is 5.26 Å². The van der Waals surface area contributed by atoms with E-state index in [1.165, 1.54) is 32.0 Å². The molecule has 0 N–H and O–H groups in total. The van der Waals surface area contributed by atoms with E-state index in [0.717, 1.165) is 38.9 Å². The monoisotopic (exact) mass is 680 g/mol. The average Bonchev–Trinajstić information content (AvgIpc) is 3.52. The normalized spacial score (nSPS) is 13.1. The number of fused-ring (bicyclic) bond motifs is 9. The molecule has 2 heterocycles. The Morgan fingerprint density at radius 2 is 0.885 bits per heavy atom. The lowest BCUT2D eigenvalue weighted by molar-refractivity contribution is 0.722. The maximum atomic E-state index is 9.94. The van der Waals surface area contributed by atoms with Crippen molar-refractivity contribution in [3.63, 3.8) is 0 Å². The largest absolute Gasteiger partial charge is 0.208 e. The van der Waals surface area contributed by atoms with Gasteiger partial charge in [0.2, 0.25) is 0 Å². The maximum Gasteiger partial charge on any atom is 0.164 e. The van der Waals surface area contributed by atoms with Crippen LogP contribution in [0.25, 0.3) is 56.4 Å². The van der Waals surface area contributed by atoms with Gasteiger partial charge in [0.25, 0.3) is 0 Å². The lowest BCUT2D eigenvalue weighted by Gasteiger charge is -2.39. The molecule has 1 aliphatic carbocycles. The van der Waals surface area contributed by atoms with E-state index in [9.17, 15) is 5.26 Å². The predicted molar refractivity (Wildman–Crippen MR) is 208 cm³/mol. The summed E-state index contributed by atoms with van der Waals surface area (Å²) in [5, 5.41) is 9.94. The second-order valence-electron chi connectivity index (χ2n) is 13.0. The first-order valence-electron chi connectivity index (χ1n) is 17.3. The Labute approximate surface area is 306 Å². The molecule has 0 amide bonds. The van der Waals surface area contributed by atoms with Crippen LogP contribution in [-0.2, 0) is 5.41 Å². The van der Waals surface area contributed by atoms with Crippen LogP contribution in [0.2, 0.25) is 0 Å². The number of hydrogen-bond acceptors (Lipinski definition) is 5. The highest BCUT2D eigenvalue weighted by Crippen LogP contribution is 2.64. The molecule has 0 unspecified atom stereocenters. The average molecular weight is 681 g/mol. The summed E-state index contributed by atoms with van der Waals surface area (Å²) in [7, 11) is 0. The fourth-order valence-corrected chi connectivity index (χ4v) is 9.29. The van der Waals surface area contributed by atoms with Crippen molar-refractivity contribution in [2.45, 2.75) is 15.2 Å². The summed E-state index contributed by atoms with van der Waals surface area (Å²) < 4.78 is 0. The standard InChI is InChI=1S/C47H28N4S/c48-29-30-14-11-19-33(28-30)34-20-12-24-38-42(34)43-35(46-50-44(31-15-3-1-4-16-31)49-45(51-46)32-17-5-2-6-18-32)21-13-25-39(43)47(38)36-22-7-9-26-40(36)52-41-27-10-8-23-37(41)47/h1-28H. The van der Waals surface area contributed by atoms with Crippen molar-refractivity contribution in [3.8, 4) is 62.5 Å². The number of hydrogen-bond donors (Lipinski definition) is 0. The fourth-order valence-electron chi connectivity index (χ4n) is 8.10. The Balaban J connectivity index is 1.35. The topological polar surface area (TPSA) is 62.5 Å². The van der Waals surface area contributed by atoms with Crippen LogP contribution >= 0.6 is 11.8 Å². The van der Waals surface area contributed by atoms with Gasteiger partial charge in [-0.15, -0.1) is 0 Å². The molecule has 0 atom stereocenters. The van der Waals surface area contributed by atoms with Crippen molar-refractivity contribution in [2.75, 3.05) is 0 Å². The minimum atomic E-state index is -0.598. The molecule has 1 spiro atoms. The third-order valence-electron chi connectivity index (χ3n) is 10.2. The van der Waals surface area contributed by atoms with Crippen LogP contribution in [0.4, 0.5) is 0 Å². The molecule has 242 valence electrons. The van der Waals surface area contributed by atoms with Gasteiger partial charge in [0, 0.05) is 26.5 Å². The van der Waals surface area contributed by atoms with Crippen LogP contribution in [0.1, 0.15) is 27.8 Å². The van der Waals surface area contributed by atoms with Crippen LogP contribution in [0, 0.1) is 11.3 Å². The molecule has 0 fully saturated rings. The highest BCUT2D eigenvalue weighted by Gasteiger charge is 2.51. The Bertz CT molecular complexity index is 2630. The Morgan fingerprint density at radius 1 is 0.423 bits per heavy atom. The summed E-state index contributed by atoms with van der Waals surface area (Å²) in [5.74, 6) is 1.85. The Kier molecular flexibility index (Phi) is 6.99. The molecule has 8 aromatic rings. The lowest BCUT2D eigenvalue weighted by Crippen LogP contribution is -2.31. The highest BCUT2D eigenvalue weighted by molar-refractivity contribution is 7.99. The van der Waals surface area contributed by atoms with Gasteiger partial charge >= 0.3 is 0 Å². The minimum absolute atomic E-state index is 0.598. The fraction of sp³-hybridized carbons (Fsp3) is 0.0213. The van der Waals surface area contributed by atoms with Crippen molar-refractivity contribution < 1.29 is 0 Å². The third-order valence-corrected chi connectivity index (χ3v) is 11.4. The van der Waals surface area contributed by atoms with Gasteiger partial charge < -0.3 is 0 Å².